The Balaban J connectivity index is 1.55. The van der Waals surface area contributed by atoms with Crippen molar-refractivity contribution in [2.24, 2.45) is 22.7 Å². The van der Waals surface area contributed by atoms with E-state index in [0.717, 1.165) is 42.6 Å². The largest absolute Gasteiger partial charge is 0.417 e. The number of rotatable bonds is 7. The Labute approximate surface area is 270 Å². The van der Waals surface area contributed by atoms with E-state index < -0.39 is 22.4 Å². The van der Waals surface area contributed by atoms with Gasteiger partial charge in [0.05, 0.1) is 13.2 Å². The first-order valence-electron chi connectivity index (χ1n) is 16.9. The molecule has 0 radical (unpaired) electrons. The molecule has 1 saturated heterocycles. The third kappa shape index (κ3) is 4.64. The molecular weight excluding hydrogens is 581 g/mol. The van der Waals surface area contributed by atoms with Crippen LogP contribution in [-0.2, 0) is 18.3 Å². The molecule has 0 amide bonds. The fourth-order valence-electron chi connectivity index (χ4n) is 8.87. The van der Waals surface area contributed by atoms with Crippen molar-refractivity contribution in [3.05, 3.63) is 34.4 Å². The van der Waals surface area contributed by atoms with Crippen LogP contribution in [-0.4, -0.2) is 59.1 Å². The maximum Gasteiger partial charge on any atom is 0.192 e. The number of hydrogen-bond acceptors (Lipinski definition) is 5. The number of aliphatic hydroxyl groups is 1. The summed E-state index contributed by atoms with van der Waals surface area (Å²) in [4.78, 5) is 0. The van der Waals surface area contributed by atoms with Crippen molar-refractivity contribution >= 4 is 16.6 Å². The second-order valence-corrected chi connectivity index (χ2v) is 27.6. The molecule has 246 valence electrons. The lowest BCUT2D eigenvalue weighted by Gasteiger charge is -2.83. The molecule has 4 fully saturated rings. The van der Waals surface area contributed by atoms with E-state index in [1.165, 1.54) is 5.57 Å². The third-order valence-electron chi connectivity index (χ3n) is 13.1. The smallest absolute Gasteiger partial charge is 0.192 e. The maximum atomic E-state index is 10.8. The van der Waals surface area contributed by atoms with Gasteiger partial charge in [-0.15, -0.1) is 0 Å². The first-order valence-corrected chi connectivity index (χ1v) is 22.8. The van der Waals surface area contributed by atoms with Crippen molar-refractivity contribution in [1.82, 2.24) is 0 Å². The van der Waals surface area contributed by atoms with Gasteiger partial charge in [-0.3, -0.25) is 0 Å². The monoisotopic (exact) mass is 640 g/mol. The van der Waals surface area contributed by atoms with E-state index in [2.05, 4.69) is 106 Å². The maximum absolute atomic E-state index is 10.8. The molecule has 5 rings (SSSR count). The van der Waals surface area contributed by atoms with Gasteiger partial charge in [-0.25, -0.2) is 0 Å². The Morgan fingerprint density at radius 3 is 2.25 bits per heavy atom. The van der Waals surface area contributed by atoms with Crippen LogP contribution in [0, 0.1) is 34.5 Å². The molecule has 0 unspecified atom stereocenters. The van der Waals surface area contributed by atoms with Crippen LogP contribution in [0.25, 0.3) is 0 Å². The Bertz CT molecular complexity index is 1350. The molecular formula is C37H60O5Si2. The molecule has 0 aromatic carbocycles. The van der Waals surface area contributed by atoms with Gasteiger partial charge in [-0.2, -0.15) is 0 Å². The van der Waals surface area contributed by atoms with Crippen LogP contribution < -0.4 is 0 Å². The fraction of sp³-hybridized carbons (Fsp3) is 0.784. The van der Waals surface area contributed by atoms with Crippen molar-refractivity contribution in [3.8, 4) is 11.8 Å². The summed E-state index contributed by atoms with van der Waals surface area (Å²) in [6.45, 7) is 33.0. The van der Waals surface area contributed by atoms with Gasteiger partial charge in [0.1, 0.15) is 11.7 Å². The van der Waals surface area contributed by atoms with Crippen LogP contribution in [0.15, 0.2) is 34.4 Å². The van der Waals surface area contributed by atoms with Gasteiger partial charge in [0, 0.05) is 23.0 Å². The van der Waals surface area contributed by atoms with E-state index in [4.69, 9.17) is 18.3 Å². The Kier molecular flexibility index (Phi) is 8.20. The SMILES string of the molecule is C/C(C#CC1=CC(CO)=C2[C@@H]3OC(C)(C)O[C@@]34CCC[C@@H]3[C@H](CO[Si](C)(C)C(C)(C)C)[C@]1(C)[C@@]234)=C/CO[Si](C)(C)C(C)(C)C. The second-order valence-electron chi connectivity index (χ2n) is 17.9. The van der Waals surface area contributed by atoms with Gasteiger partial charge in [0.25, 0.3) is 0 Å². The van der Waals surface area contributed by atoms with Crippen molar-refractivity contribution in [2.75, 3.05) is 19.8 Å². The highest BCUT2D eigenvalue weighted by Gasteiger charge is 2.91. The summed E-state index contributed by atoms with van der Waals surface area (Å²) in [5, 5.41) is 11.1. The average Bonchev–Trinajstić information content (AvgIpc) is 3.08. The zero-order chi connectivity index (χ0) is 32.9. The summed E-state index contributed by atoms with van der Waals surface area (Å²) in [5.41, 5.74) is 3.51. The number of hydrogen-bond donors (Lipinski definition) is 1. The minimum absolute atomic E-state index is 0.0122. The van der Waals surface area contributed by atoms with Gasteiger partial charge in [-0.05, 0) is 111 Å². The van der Waals surface area contributed by atoms with E-state index >= 15 is 0 Å². The molecule has 0 aromatic heterocycles. The Morgan fingerprint density at radius 1 is 1.05 bits per heavy atom. The number of allylic oxidation sites excluding steroid dienone is 2. The van der Waals surface area contributed by atoms with Crippen LogP contribution in [0.3, 0.4) is 0 Å². The van der Waals surface area contributed by atoms with E-state index in [1.807, 2.05) is 13.8 Å². The summed E-state index contributed by atoms with van der Waals surface area (Å²) in [6.07, 6.45) is 7.46. The summed E-state index contributed by atoms with van der Waals surface area (Å²) < 4.78 is 27.1. The van der Waals surface area contributed by atoms with Crippen molar-refractivity contribution in [2.45, 2.75) is 142 Å². The van der Waals surface area contributed by atoms with Crippen LogP contribution >= 0.6 is 0 Å². The van der Waals surface area contributed by atoms with Gasteiger partial charge in [-0.1, -0.05) is 66.7 Å². The van der Waals surface area contributed by atoms with Crippen molar-refractivity contribution < 1.29 is 23.4 Å². The lowest BCUT2D eigenvalue weighted by Crippen LogP contribution is -2.86. The highest BCUT2D eigenvalue weighted by atomic mass is 28.4. The number of aliphatic hydroxyl groups excluding tert-OH is 1. The predicted molar refractivity (Wildman–Crippen MR) is 184 cm³/mol. The van der Waals surface area contributed by atoms with E-state index in [1.54, 1.807) is 0 Å². The molecule has 44 heavy (non-hydrogen) atoms. The minimum atomic E-state index is -1.96. The normalized spacial score (nSPS) is 36.3. The zero-order valence-electron chi connectivity index (χ0n) is 30.2. The first-order chi connectivity index (χ1) is 20.0. The molecule has 0 aromatic rings. The van der Waals surface area contributed by atoms with Crippen LogP contribution in [0.4, 0.5) is 0 Å². The molecule has 1 aliphatic heterocycles. The molecule has 3 saturated carbocycles. The average molecular weight is 641 g/mol. The molecule has 1 heterocycles. The number of ether oxygens (including phenoxy) is 2. The highest BCUT2D eigenvalue weighted by Crippen LogP contribution is 2.87. The van der Waals surface area contributed by atoms with E-state index in [0.29, 0.717) is 18.4 Å². The summed E-state index contributed by atoms with van der Waals surface area (Å²) >= 11 is 0. The lowest BCUT2D eigenvalue weighted by atomic mass is 9.21. The highest BCUT2D eigenvalue weighted by molar-refractivity contribution is 6.74. The summed E-state index contributed by atoms with van der Waals surface area (Å²) in [7, 11) is -3.80. The topological polar surface area (TPSA) is 57.2 Å². The fourth-order valence-corrected chi connectivity index (χ4v) is 10.8. The van der Waals surface area contributed by atoms with Gasteiger partial charge >= 0.3 is 0 Å². The standard InChI is InChI=1S/C37H60O5Si2/c1-25(19-21-39-43(11,12)32(2,3)4)17-18-27-22-26(23-38)30-31-36(42-34(8,9)41-31)20-15-16-28-29(35(27,10)37(28,30)36)24-40-44(13,14)33(5,6)7/h19,22,28-29,31,38H,15-16,20-21,23-24H2,1-14H3/b25-19-/t28-,29+,31+,35-,36+,37+/m1/s1. The first kappa shape index (κ1) is 34.4. The lowest BCUT2D eigenvalue weighted by molar-refractivity contribution is -0.332. The van der Waals surface area contributed by atoms with Crippen LogP contribution in [0.1, 0.15) is 88.5 Å². The molecule has 2 spiro atoms. The minimum Gasteiger partial charge on any atom is -0.417 e. The van der Waals surface area contributed by atoms with Crippen LogP contribution in [0.2, 0.25) is 36.3 Å². The van der Waals surface area contributed by atoms with E-state index in [9.17, 15) is 5.11 Å². The zero-order valence-corrected chi connectivity index (χ0v) is 32.2. The predicted octanol–water partition coefficient (Wildman–Crippen LogP) is 8.54. The summed E-state index contributed by atoms with van der Waals surface area (Å²) in [5.74, 6) is 7.26. The van der Waals surface area contributed by atoms with E-state index in [-0.39, 0.29) is 39.2 Å². The molecule has 5 aliphatic rings. The van der Waals surface area contributed by atoms with Crippen LogP contribution in [0.5, 0.6) is 0 Å². The van der Waals surface area contributed by atoms with Gasteiger partial charge in [0.15, 0.2) is 22.4 Å². The Hall–Kier alpha value is -0.986. The number of fused-ring (bicyclic) bond motifs is 1. The van der Waals surface area contributed by atoms with Gasteiger partial charge in [0.2, 0.25) is 0 Å². The molecule has 5 nitrogen and oxygen atoms in total. The molecule has 6 atom stereocenters. The summed E-state index contributed by atoms with van der Waals surface area (Å²) in [6, 6.07) is 0. The molecule has 4 aliphatic carbocycles. The molecule has 0 bridgehead atoms. The second kappa shape index (κ2) is 10.5. The van der Waals surface area contributed by atoms with Gasteiger partial charge < -0.3 is 23.4 Å². The van der Waals surface area contributed by atoms with Crippen molar-refractivity contribution in [3.63, 3.8) is 0 Å². The quantitative estimate of drug-likeness (QED) is 0.223. The third-order valence-corrected chi connectivity index (χ3v) is 22.1. The Morgan fingerprint density at radius 2 is 1.66 bits per heavy atom. The van der Waals surface area contributed by atoms with Crippen molar-refractivity contribution in [1.29, 1.82) is 0 Å². The molecule has 1 N–H and O–H groups in total. The molecule has 7 heteroatoms.